The van der Waals surface area contributed by atoms with Gasteiger partial charge in [-0.15, -0.1) is 0 Å². The van der Waals surface area contributed by atoms with Gasteiger partial charge in [-0.05, 0) is 61.3 Å². The van der Waals surface area contributed by atoms with E-state index in [0.29, 0.717) is 6.42 Å². The number of hydrogen-bond acceptors (Lipinski definition) is 8. The van der Waals surface area contributed by atoms with Crippen LogP contribution in [0.15, 0.2) is 79.0 Å². The van der Waals surface area contributed by atoms with Crippen LogP contribution in [-0.4, -0.2) is 69.4 Å². The van der Waals surface area contributed by atoms with Gasteiger partial charge in [-0.1, -0.05) is 102 Å². The highest BCUT2D eigenvalue weighted by molar-refractivity contribution is 5.86. The highest BCUT2D eigenvalue weighted by Gasteiger charge is 2.37. The summed E-state index contributed by atoms with van der Waals surface area (Å²) in [5.74, 6) is -0.869. The van der Waals surface area contributed by atoms with Crippen molar-refractivity contribution in [3.8, 4) is 11.3 Å². The van der Waals surface area contributed by atoms with E-state index in [0.717, 1.165) is 22.4 Å². The maximum absolute atomic E-state index is 13.9. The molecule has 0 aliphatic rings. The van der Waals surface area contributed by atoms with E-state index in [2.05, 4.69) is 21.0 Å². The van der Waals surface area contributed by atoms with E-state index in [4.69, 9.17) is 10.5 Å². The summed E-state index contributed by atoms with van der Waals surface area (Å²) in [7, 11) is 0. The van der Waals surface area contributed by atoms with Gasteiger partial charge in [0.2, 0.25) is 5.91 Å². The lowest BCUT2D eigenvalue weighted by Crippen LogP contribution is -2.60. The van der Waals surface area contributed by atoms with Gasteiger partial charge in [-0.25, -0.2) is 9.80 Å². The fourth-order valence-corrected chi connectivity index (χ4v) is 5.17. The van der Waals surface area contributed by atoms with Gasteiger partial charge in [0, 0.05) is 24.8 Å². The van der Waals surface area contributed by atoms with Crippen molar-refractivity contribution >= 4 is 17.9 Å². The number of nitrogens with one attached hydrogen (secondary N) is 3. The Morgan fingerprint density at radius 3 is 1.96 bits per heavy atom. The monoisotopic (exact) mass is 688 g/mol. The lowest BCUT2D eigenvalue weighted by Gasteiger charge is -2.35. The van der Waals surface area contributed by atoms with Crippen molar-refractivity contribution in [3.05, 3.63) is 90.1 Å². The molecular weight excluding hydrogens is 632 g/mol. The van der Waals surface area contributed by atoms with Crippen LogP contribution in [0, 0.1) is 10.8 Å². The first-order chi connectivity index (χ1) is 23.2. The van der Waals surface area contributed by atoms with Crippen molar-refractivity contribution in [1.82, 2.24) is 26.1 Å². The minimum absolute atomic E-state index is 0.0396. The first kappa shape index (κ1) is 40.1. The van der Waals surface area contributed by atoms with Gasteiger partial charge in [-0.3, -0.25) is 20.0 Å². The van der Waals surface area contributed by atoms with Crippen LogP contribution in [0.25, 0.3) is 11.3 Å². The normalized spacial score (nSPS) is 14.6. The van der Waals surface area contributed by atoms with Crippen LogP contribution in [0.3, 0.4) is 0 Å². The van der Waals surface area contributed by atoms with Gasteiger partial charge in [0.05, 0.1) is 23.9 Å². The largest absolute Gasteiger partial charge is 0.444 e. The molecule has 3 rings (SSSR count). The number of hydrogen-bond donors (Lipinski definition) is 5. The molecule has 2 aromatic carbocycles. The number of benzene rings is 2. The van der Waals surface area contributed by atoms with E-state index in [1.165, 1.54) is 0 Å². The lowest BCUT2D eigenvalue weighted by atomic mass is 9.85. The molecule has 0 radical (unpaired) electrons. The van der Waals surface area contributed by atoms with E-state index in [1.54, 1.807) is 32.0 Å². The zero-order valence-corrected chi connectivity index (χ0v) is 31.0. The third-order valence-corrected chi connectivity index (χ3v) is 8.06. The first-order valence-corrected chi connectivity index (χ1v) is 17.1. The summed E-state index contributed by atoms with van der Waals surface area (Å²) in [5.41, 5.74) is 10.8. The minimum Gasteiger partial charge on any atom is -0.444 e. The van der Waals surface area contributed by atoms with Crippen molar-refractivity contribution in [2.75, 3.05) is 6.54 Å². The second kappa shape index (κ2) is 17.1. The van der Waals surface area contributed by atoms with Crippen LogP contribution in [0.2, 0.25) is 0 Å². The molecule has 0 fully saturated rings. The van der Waals surface area contributed by atoms with Crippen LogP contribution in [0.4, 0.5) is 4.79 Å². The smallest absolute Gasteiger partial charge is 0.408 e. The van der Waals surface area contributed by atoms with Crippen LogP contribution in [0.5, 0.6) is 0 Å². The number of carbonyl (C=O) groups is 3. The SMILES string of the molecule is CC(C)(C)OC(=O)NC(C(=O)N[C@@H](Cc1ccccc1)C(O)CN(Cc1ccc(-c2ccccn2)cc1)NC(=O)C(N)C(C)(C)C)C(C)(C)C. The Hall–Kier alpha value is -4.32. The highest BCUT2D eigenvalue weighted by Crippen LogP contribution is 2.22. The van der Waals surface area contributed by atoms with Gasteiger partial charge in [-0.2, -0.15) is 0 Å². The number of aliphatic hydroxyl groups is 1. The Morgan fingerprint density at radius 1 is 0.800 bits per heavy atom. The molecule has 6 N–H and O–H groups in total. The second-order valence-corrected chi connectivity index (χ2v) is 15.9. The van der Waals surface area contributed by atoms with Crippen molar-refractivity contribution < 1.29 is 24.2 Å². The Morgan fingerprint density at radius 2 is 1.42 bits per heavy atom. The number of nitrogens with zero attached hydrogens (tertiary/aromatic N) is 2. The molecule has 11 heteroatoms. The first-order valence-electron chi connectivity index (χ1n) is 17.1. The molecule has 3 amide bonds. The fourth-order valence-electron chi connectivity index (χ4n) is 5.17. The molecule has 0 bridgehead atoms. The Kier molecular flexibility index (Phi) is 13.7. The third kappa shape index (κ3) is 12.9. The van der Waals surface area contributed by atoms with Crippen molar-refractivity contribution in [2.45, 2.75) is 105 Å². The molecule has 0 spiro atoms. The predicted molar refractivity (Wildman–Crippen MR) is 196 cm³/mol. The van der Waals surface area contributed by atoms with E-state index in [-0.39, 0.29) is 13.1 Å². The molecule has 4 atom stereocenters. The summed E-state index contributed by atoms with van der Waals surface area (Å²) in [6.45, 7) is 16.6. The molecule has 272 valence electrons. The maximum atomic E-state index is 13.9. The third-order valence-electron chi connectivity index (χ3n) is 8.06. The molecule has 3 unspecified atom stereocenters. The summed E-state index contributed by atoms with van der Waals surface area (Å²) in [6.07, 6.45) is 0.160. The van der Waals surface area contributed by atoms with Gasteiger partial charge in [0.1, 0.15) is 11.6 Å². The number of alkyl carbamates (subject to hydrolysis) is 1. The maximum Gasteiger partial charge on any atom is 0.408 e. The number of pyridine rings is 1. The summed E-state index contributed by atoms with van der Waals surface area (Å²) in [5, 5.41) is 19.2. The molecule has 50 heavy (non-hydrogen) atoms. The molecule has 11 nitrogen and oxygen atoms in total. The average Bonchev–Trinajstić information content (AvgIpc) is 3.02. The number of rotatable bonds is 13. The zero-order valence-electron chi connectivity index (χ0n) is 31.0. The van der Waals surface area contributed by atoms with Gasteiger partial charge < -0.3 is 26.2 Å². The minimum atomic E-state index is -1.15. The molecule has 1 aromatic heterocycles. The zero-order chi connectivity index (χ0) is 37.3. The van der Waals surface area contributed by atoms with E-state index in [9.17, 15) is 19.5 Å². The fraction of sp³-hybridized carbons (Fsp3) is 0.487. The van der Waals surface area contributed by atoms with E-state index < -0.39 is 58.6 Å². The molecule has 0 saturated carbocycles. The summed E-state index contributed by atoms with van der Waals surface area (Å²) in [4.78, 5) is 44.4. The number of aliphatic hydroxyl groups excluding tert-OH is 1. The van der Waals surface area contributed by atoms with Gasteiger partial charge >= 0.3 is 6.09 Å². The van der Waals surface area contributed by atoms with Crippen LogP contribution in [-0.2, 0) is 27.3 Å². The predicted octanol–water partition coefficient (Wildman–Crippen LogP) is 4.98. The molecule has 0 aliphatic carbocycles. The van der Waals surface area contributed by atoms with Crippen molar-refractivity contribution in [2.24, 2.45) is 16.6 Å². The lowest BCUT2D eigenvalue weighted by molar-refractivity contribution is -0.131. The average molecular weight is 689 g/mol. The quantitative estimate of drug-likeness (QED) is 0.157. The van der Waals surface area contributed by atoms with Crippen LogP contribution >= 0.6 is 0 Å². The number of amides is 3. The summed E-state index contributed by atoms with van der Waals surface area (Å²) < 4.78 is 5.44. The van der Waals surface area contributed by atoms with E-state index in [1.807, 2.05) is 114 Å². The second-order valence-electron chi connectivity index (χ2n) is 15.9. The van der Waals surface area contributed by atoms with Gasteiger partial charge in [0.25, 0.3) is 5.91 Å². The number of aromatic nitrogens is 1. The number of hydrazine groups is 1. The highest BCUT2D eigenvalue weighted by atomic mass is 16.6. The standard InChI is InChI=1S/C39H56N6O5/c1-37(2,3)32(40)34(47)44-45(24-27-18-20-28(21-19-27)29-17-13-14-22-41-29)25-31(46)30(23-26-15-11-10-12-16-26)42-35(48)33(38(4,5)6)43-36(49)50-39(7,8)9/h10-22,30-33,46H,23-25,40H2,1-9H3,(H,42,48)(H,43,49)(H,44,47)/t30-,31?,32?,33?/m0/s1. The molecule has 3 aromatic rings. The summed E-state index contributed by atoms with van der Waals surface area (Å²) >= 11 is 0. The Bertz CT molecular complexity index is 1530. The molecular formula is C39H56N6O5. The Labute approximate surface area is 297 Å². The topological polar surface area (TPSA) is 159 Å². The van der Waals surface area contributed by atoms with Crippen LogP contribution < -0.4 is 21.8 Å². The number of carbonyl (C=O) groups excluding carboxylic acids is 3. The van der Waals surface area contributed by atoms with Crippen LogP contribution in [0.1, 0.15) is 73.4 Å². The molecule has 1 heterocycles. The number of nitrogens with two attached hydrogens (primary N) is 1. The van der Waals surface area contributed by atoms with Crippen molar-refractivity contribution in [3.63, 3.8) is 0 Å². The van der Waals surface area contributed by atoms with Gasteiger partial charge in [0.15, 0.2) is 0 Å². The molecule has 0 saturated heterocycles. The van der Waals surface area contributed by atoms with E-state index >= 15 is 0 Å². The Balaban J connectivity index is 1.90. The summed E-state index contributed by atoms with van der Waals surface area (Å²) in [6, 6.07) is 20.4. The van der Waals surface area contributed by atoms with Crippen molar-refractivity contribution in [1.29, 1.82) is 0 Å². The number of ether oxygens (including phenoxy) is 1. The molecule has 0 aliphatic heterocycles.